The Hall–Kier alpha value is -1.62. The second-order valence-corrected chi connectivity index (χ2v) is 3.27. The molecule has 0 unspecified atom stereocenters. The van der Waals surface area contributed by atoms with Gasteiger partial charge < -0.3 is 4.74 Å². The van der Waals surface area contributed by atoms with Crippen LogP contribution in [0.25, 0.3) is 11.0 Å². The van der Waals surface area contributed by atoms with E-state index in [1.165, 1.54) is 0 Å². The fraction of sp³-hybridized carbons (Fsp3) is 0.222. The van der Waals surface area contributed by atoms with Crippen LogP contribution < -0.4 is 0 Å². The normalized spacial score (nSPS) is 10.5. The lowest BCUT2D eigenvalue weighted by Gasteiger charge is -2.02. The summed E-state index contributed by atoms with van der Waals surface area (Å²) in [5.41, 5.74) is 1.51. The van der Waals surface area contributed by atoms with E-state index in [2.05, 4.69) is 15.4 Å². The molecule has 6 heteroatoms. The Morgan fingerprint density at radius 2 is 2.13 bits per heavy atom. The van der Waals surface area contributed by atoms with E-state index in [-0.39, 0.29) is 0 Å². The minimum Gasteiger partial charge on any atom is -0.462 e. The lowest BCUT2D eigenvalue weighted by atomic mass is 10.2. The topological polar surface area (TPSA) is 67.9 Å². The average Bonchev–Trinajstić information content (AvgIpc) is 2.63. The number of hydrogen-bond donors (Lipinski definition) is 1. The zero-order chi connectivity index (χ0) is 10.8. The van der Waals surface area contributed by atoms with E-state index in [9.17, 15) is 4.79 Å². The Balaban J connectivity index is 2.50. The first kappa shape index (κ1) is 9.92. The largest absolute Gasteiger partial charge is 0.462 e. The van der Waals surface area contributed by atoms with Crippen LogP contribution in [0.4, 0.5) is 0 Å². The summed E-state index contributed by atoms with van der Waals surface area (Å²) in [5, 5.41) is 10.5. The number of halogens is 1. The number of carbonyl (C=O) groups excluding carboxylic acids is 1. The molecule has 15 heavy (non-hydrogen) atoms. The van der Waals surface area contributed by atoms with Gasteiger partial charge in [-0.15, -0.1) is 0 Å². The van der Waals surface area contributed by atoms with Crippen LogP contribution in [0.5, 0.6) is 0 Å². The molecule has 1 aromatic carbocycles. The SMILES string of the molecule is CCOC(=O)c1cc2n[nH]nc2cc1Cl. The fourth-order valence-corrected chi connectivity index (χ4v) is 1.46. The van der Waals surface area contributed by atoms with Crippen molar-refractivity contribution in [3.8, 4) is 0 Å². The average molecular weight is 226 g/mol. The van der Waals surface area contributed by atoms with Gasteiger partial charge in [-0.25, -0.2) is 4.79 Å². The van der Waals surface area contributed by atoms with Crippen molar-refractivity contribution in [1.82, 2.24) is 15.4 Å². The molecule has 0 saturated heterocycles. The van der Waals surface area contributed by atoms with Crippen molar-refractivity contribution in [3.63, 3.8) is 0 Å². The number of ether oxygens (including phenoxy) is 1. The highest BCUT2D eigenvalue weighted by molar-refractivity contribution is 6.34. The molecule has 78 valence electrons. The summed E-state index contributed by atoms with van der Waals surface area (Å²) in [4.78, 5) is 11.5. The molecule has 1 N–H and O–H groups in total. The van der Waals surface area contributed by atoms with Crippen LogP contribution in [0, 0.1) is 0 Å². The lowest BCUT2D eigenvalue weighted by Crippen LogP contribution is -2.05. The first-order chi connectivity index (χ1) is 7.22. The second-order valence-electron chi connectivity index (χ2n) is 2.86. The molecule has 0 bridgehead atoms. The van der Waals surface area contributed by atoms with Crippen LogP contribution in [0.1, 0.15) is 17.3 Å². The highest BCUT2D eigenvalue weighted by atomic mass is 35.5. The standard InChI is InChI=1S/C9H8ClN3O2/c1-2-15-9(14)5-3-7-8(4-6(5)10)12-13-11-7/h3-4H,2H2,1H3,(H,11,12,13). The Morgan fingerprint density at radius 1 is 1.47 bits per heavy atom. The predicted molar refractivity (Wildman–Crippen MR) is 54.9 cm³/mol. The van der Waals surface area contributed by atoms with Crippen LogP contribution in [-0.4, -0.2) is 28.0 Å². The fourth-order valence-electron chi connectivity index (χ4n) is 1.23. The molecule has 0 aliphatic carbocycles. The molecule has 0 aliphatic heterocycles. The number of aromatic amines is 1. The molecule has 0 radical (unpaired) electrons. The highest BCUT2D eigenvalue weighted by Gasteiger charge is 2.13. The number of nitrogens with zero attached hydrogens (tertiary/aromatic N) is 2. The van der Waals surface area contributed by atoms with Gasteiger partial charge in [0.25, 0.3) is 0 Å². The maximum atomic E-state index is 11.5. The Morgan fingerprint density at radius 3 is 2.80 bits per heavy atom. The Kier molecular flexibility index (Phi) is 2.55. The number of esters is 1. The molecular weight excluding hydrogens is 218 g/mol. The van der Waals surface area contributed by atoms with Crippen molar-refractivity contribution in [2.24, 2.45) is 0 Å². The number of H-pyrrole nitrogens is 1. The van der Waals surface area contributed by atoms with Crippen molar-refractivity contribution in [2.45, 2.75) is 6.92 Å². The monoisotopic (exact) mass is 225 g/mol. The van der Waals surface area contributed by atoms with Gasteiger partial charge in [0.05, 0.1) is 17.2 Å². The van der Waals surface area contributed by atoms with Crippen LogP contribution in [-0.2, 0) is 4.74 Å². The van der Waals surface area contributed by atoms with Crippen LogP contribution in [0.3, 0.4) is 0 Å². The van der Waals surface area contributed by atoms with Gasteiger partial charge in [0.15, 0.2) is 0 Å². The first-order valence-corrected chi connectivity index (χ1v) is 4.77. The molecule has 0 saturated carbocycles. The summed E-state index contributed by atoms with van der Waals surface area (Å²) in [6.45, 7) is 2.05. The first-order valence-electron chi connectivity index (χ1n) is 4.39. The van der Waals surface area contributed by atoms with Crippen molar-refractivity contribution in [1.29, 1.82) is 0 Å². The maximum absolute atomic E-state index is 11.5. The molecule has 0 fully saturated rings. The van der Waals surface area contributed by atoms with E-state index in [0.717, 1.165) is 0 Å². The van der Waals surface area contributed by atoms with Gasteiger partial charge in [-0.3, -0.25) is 0 Å². The van der Waals surface area contributed by atoms with Gasteiger partial charge >= 0.3 is 5.97 Å². The van der Waals surface area contributed by atoms with Crippen LogP contribution >= 0.6 is 11.6 Å². The smallest absolute Gasteiger partial charge is 0.339 e. The minimum atomic E-state index is -0.451. The molecule has 0 amide bonds. The molecule has 5 nitrogen and oxygen atoms in total. The highest BCUT2D eigenvalue weighted by Crippen LogP contribution is 2.21. The minimum absolute atomic E-state index is 0.305. The van der Waals surface area contributed by atoms with Crippen molar-refractivity contribution < 1.29 is 9.53 Å². The third kappa shape index (κ3) is 1.78. The quantitative estimate of drug-likeness (QED) is 0.792. The molecule has 2 rings (SSSR count). The third-order valence-electron chi connectivity index (χ3n) is 1.90. The number of carbonyl (C=O) groups is 1. The number of hydrogen-bond acceptors (Lipinski definition) is 4. The molecule has 2 aromatic rings. The van der Waals surface area contributed by atoms with Gasteiger partial charge in [-0.2, -0.15) is 15.4 Å². The van der Waals surface area contributed by atoms with Crippen molar-refractivity contribution in [3.05, 3.63) is 22.7 Å². The summed E-state index contributed by atoms with van der Waals surface area (Å²) in [6.07, 6.45) is 0. The molecular formula is C9H8ClN3O2. The van der Waals surface area contributed by atoms with E-state index in [4.69, 9.17) is 16.3 Å². The number of fused-ring (bicyclic) bond motifs is 1. The molecule has 1 aromatic heterocycles. The Labute approximate surface area is 90.4 Å². The van der Waals surface area contributed by atoms with E-state index in [1.54, 1.807) is 19.1 Å². The summed E-state index contributed by atoms with van der Waals surface area (Å²) in [6, 6.07) is 3.13. The van der Waals surface area contributed by atoms with E-state index < -0.39 is 5.97 Å². The zero-order valence-electron chi connectivity index (χ0n) is 7.95. The van der Waals surface area contributed by atoms with Gasteiger partial charge in [0, 0.05) is 0 Å². The van der Waals surface area contributed by atoms with Crippen LogP contribution in [0.15, 0.2) is 12.1 Å². The van der Waals surface area contributed by atoms with Crippen molar-refractivity contribution in [2.75, 3.05) is 6.61 Å². The van der Waals surface area contributed by atoms with Gasteiger partial charge in [-0.1, -0.05) is 11.6 Å². The van der Waals surface area contributed by atoms with E-state index >= 15 is 0 Å². The second kappa shape index (κ2) is 3.86. The van der Waals surface area contributed by atoms with Crippen LogP contribution in [0.2, 0.25) is 5.02 Å². The van der Waals surface area contributed by atoms with E-state index in [1.807, 2.05) is 0 Å². The number of nitrogens with one attached hydrogen (secondary N) is 1. The zero-order valence-corrected chi connectivity index (χ0v) is 8.71. The molecule has 0 atom stereocenters. The molecule has 0 spiro atoms. The number of aromatic nitrogens is 3. The van der Waals surface area contributed by atoms with Gasteiger partial charge in [0.2, 0.25) is 0 Å². The maximum Gasteiger partial charge on any atom is 0.339 e. The summed E-state index contributed by atoms with van der Waals surface area (Å²) >= 11 is 5.91. The van der Waals surface area contributed by atoms with Crippen molar-refractivity contribution >= 4 is 28.6 Å². The summed E-state index contributed by atoms with van der Waals surface area (Å²) in [5.74, 6) is -0.451. The Bertz CT molecular complexity index is 509. The summed E-state index contributed by atoms with van der Waals surface area (Å²) < 4.78 is 4.85. The van der Waals surface area contributed by atoms with E-state index in [0.29, 0.717) is 28.2 Å². The number of benzene rings is 1. The third-order valence-corrected chi connectivity index (χ3v) is 2.21. The predicted octanol–water partition coefficient (Wildman–Crippen LogP) is 1.79. The van der Waals surface area contributed by atoms with Gasteiger partial charge in [-0.05, 0) is 19.1 Å². The number of rotatable bonds is 2. The summed E-state index contributed by atoms with van der Waals surface area (Å²) in [7, 11) is 0. The molecule has 1 heterocycles. The van der Waals surface area contributed by atoms with Gasteiger partial charge in [0.1, 0.15) is 11.0 Å². The lowest BCUT2D eigenvalue weighted by molar-refractivity contribution is 0.0527. The molecule has 0 aliphatic rings.